The van der Waals surface area contributed by atoms with E-state index < -0.39 is 19.3 Å². The summed E-state index contributed by atoms with van der Waals surface area (Å²) >= 11 is -2.35. The summed E-state index contributed by atoms with van der Waals surface area (Å²) in [6, 6.07) is 26.0. The van der Waals surface area contributed by atoms with Crippen molar-refractivity contribution in [3.8, 4) is 5.75 Å². The Morgan fingerprint density at radius 1 is 0.875 bits per heavy atom. The summed E-state index contributed by atoms with van der Waals surface area (Å²) in [5.41, 5.74) is 1.08. The van der Waals surface area contributed by atoms with Gasteiger partial charge in [-0.2, -0.15) is 4.21 Å². The van der Waals surface area contributed by atoms with Crippen LogP contribution in [-0.4, -0.2) is 8.76 Å². The van der Waals surface area contributed by atoms with Crippen LogP contribution in [0.5, 0.6) is 5.75 Å². The van der Waals surface area contributed by atoms with Crippen molar-refractivity contribution in [3.05, 3.63) is 84.4 Å². The van der Waals surface area contributed by atoms with Gasteiger partial charge in [-0.05, 0) is 37.6 Å². The highest BCUT2D eigenvalue weighted by molar-refractivity contribution is 7.80. The Hall–Kier alpha value is -2.00. The first-order valence-corrected chi connectivity index (χ1v) is 9.82. The zero-order valence-corrected chi connectivity index (χ0v) is 14.8. The molecule has 1 atom stereocenters. The quantitative estimate of drug-likeness (QED) is 0.564. The molecule has 122 valence electrons. The fraction of sp³-hybridized carbons (Fsp3) is 0.0526. The van der Waals surface area contributed by atoms with E-state index in [1.165, 1.54) is 0 Å². The summed E-state index contributed by atoms with van der Waals surface area (Å²) in [7, 11) is -0.884. The minimum absolute atomic E-state index is 0.445. The summed E-state index contributed by atoms with van der Waals surface area (Å²) in [4.78, 5) is 0. The van der Waals surface area contributed by atoms with Crippen LogP contribution in [0, 0.1) is 6.92 Å². The van der Waals surface area contributed by atoms with Crippen molar-refractivity contribution in [3.63, 3.8) is 0 Å². The number of rotatable bonds is 5. The molecular weight excluding hydrogens is 339 g/mol. The van der Waals surface area contributed by atoms with Crippen LogP contribution in [0.25, 0.3) is 0 Å². The van der Waals surface area contributed by atoms with Gasteiger partial charge in [-0.15, -0.1) is 0 Å². The van der Waals surface area contributed by atoms with E-state index in [1.54, 1.807) is 6.07 Å². The predicted molar refractivity (Wildman–Crippen MR) is 101 cm³/mol. The van der Waals surface area contributed by atoms with Gasteiger partial charge < -0.3 is 4.18 Å². The van der Waals surface area contributed by atoms with Crippen molar-refractivity contribution in [2.24, 2.45) is 0 Å². The second-order valence-electron chi connectivity index (χ2n) is 5.28. The molecule has 0 aliphatic rings. The number of benzene rings is 3. The van der Waals surface area contributed by atoms with Crippen molar-refractivity contribution in [1.29, 1.82) is 0 Å². The van der Waals surface area contributed by atoms with Crippen molar-refractivity contribution in [2.75, 3.05) is 0 Å². The van der Waals surface area contributed by atoms with Crippen molar-refractivity contribution < 1.29 is 12.9 Å². The monoisotopic (exact) mass is 356 g/mol. The van der Waals surface area contributed by atoms with Gasteiger partial charge in [-0.1, -0.05) is 72.3 Å². The molecule has 5 heteroatoms. The van der Waals surface area contributed by atoms with E-state index in [-0.39, 0.29) is 0 Å². The van der Waals surface area contributed by atoms with E-state index in [4.69, 9.17) is 4.18 Å². The molecule has 0 amide bonds. The molecule has 0 saturated heterocycles. The van der Waals surface area contributed by atoms with Gasteiger partial charge in [0.2, 0.25) is 0 Å². The molecule has 3 aromatic carbocycles. The van der Waals surface area contributed by atoms with Gasteiger partial charge in [-0.25, -0.2) is 0 Å². The first-order chi connectivity index (χ1) is 11.6. The smallest absolute Gasteiger partial charge is 0.357 e. The van der Waals surface area contributed by atoms with Crippen LogP contribution in [0.1, 0.15) is 5.56 Å². The van der Waals surface area contributed by atoms with Crippen molar-refractivity contribution in [2.45, 2.75) is 6.92 Å². The van der Waals surface area contributed by atoms with E-state index in [2.05, 4.69) is 24.3 Å². The van der Waals surface area contributed by atoms with Crippen LogP contribution in [0.15, 0.2) is 78.9 Å². The summed E-state index contributed by atoms with van der Waals surface area (Å²) in [6.07, 6.45) is 0. The second-order valence-corrected chi connectivity index (χ2v) is 8.06. The average Bonchev–Trinajstić information content (AvgIpc) is 2.59. The third-order valence-electron chi connectivity index (χ3n) is 3.55. The maximum atomic E-state index is 11.2. The fourth-order valence-corrected chi connectivity index (χ4v) is 5.36. The molecule has 0 fully saturated rings. The minimum atomic E-state index is -2.35. The van der Waals surface area contributed by atoms with Crippen LogP contribution in [-0.2, 0) is 11.4 Å². The van der Waals surface area contributed by atoms with Crippen LogP contribution in [0.4, 0.5) is 0 Å². The zero-order valence-electron chi connectivity index (χ0n) is 13.1. The molecular formula is C19H17O3PS. The van der Waals surface area contributed by atoms with Gasteiger partial charge in [0.05, 0.1) is 0 Å². The third kappa shape index (κ3) is 3.90. The van der Waals surface area contributed by atoms with Crippen LogP contribution >= 0.6 is 7.92 Å². The standard InChI is InChI=1S/C19H17O3PS/c1-15-12-13-18(22-24(20)21)19(14-15)23(16-8-4-2-5-9-16)17-10-6-3-7-11-17/h2-14H,1H3,(H,20,21). The number of hydrogen-bond donors (Lipinski definition) is 1. The molecule has 1 unspecified atom stereocenters. The lowest BCUT2D eigenvalue weighted by Crippen LogP contribution is -2.22. The summed E-state index contributed by atoms with van der Waals surface area (Å²) in [5.74, 6) is 0.445. The van der Waals surface area contributed by atoms with Gasteiger partial charge in [0.15, 0.2) is 5.75 Å². The molecule has 0 spiro atoms. The largest absolute Gasteiger partial charge is 0.379 e. The lowest BCUT2D eigenvalue weighted by Gasteiger charge is -2.21. The predicted octanol–water partition coefficient (Wildman–Crippen LogP) is 3.27. The van der Waals surface area contributed by atoms with Crippen molar-refractivity contribution in [1.82, 2.24) is 0 Å². The van der Waals surface area contributed by atoms with Gasteiger partial charge in [0, 0.05) is 5.30 Å². The molecule has 24 heavy (non-hydrogen) atoms. The molecule has 3 aromatic rings. The zero-order chi connectivity index (χ0) is 16.9. The van der Waals surface area contributed by atoms with Crippen LogP contribution in [0.2, 0.25) is 0 Å². The Balaban J connectivity index is 2.20. The Bertz CT molecular complexity index is 798. The molecule has 0 bridgehead atoms. The molecule has 0 heterocycles. The molecule has 3 nitrogen and oxygen atoms in total. The first kappa shape index (κ1) is 16.8. The van der Waals surface area contributed by atoms with Crippen molar-refractivity contribution >= 4 is 35.2 Å². The second kappa shape index (κ2) is 7.71. The Morgan fingerprint density at radius 2 is 1.42 bits per heavy atom. The molecule has 0 radical (unpaired) electrons. The molecule has 3 rings (SSSR count). The van der Waals surface area contributed by atoms with Gasteiger partial charge in [-0.3, -0.25) is 4.55 Å². The molecule has 0 aromatic heterocycles. The minimum Gasteiger partial charge on any atom is -0.379 e. The Kier molecular flexibility index (Phi) is 5.41. The van der Waals surface area contributed by atoms with E-state index in [0.717, 1.165) is 21.5 Å². The van der Waals surface area contributed by atoms with E-state index in [0.29, 0.717) is 5.75 Å². The maximum absolute atomic E-state index is 11.2. The first-order valence-electron chi connectivity index (χ1n) is 7.45. The number of aryl methyl sites for hydroxylation is 1. The molecule has 1 N–H and O–H groups in total. The van der Waals surface area contributed by atoms with E-state index >= 15 is 0 Å². The van der Waals surface area contributed by atoms with Crippen LogP contribution in [0.3, 0.4) is 0 Å². The highest BCUT2D eigenvalue weighted by Crippen LogP contribution is 2.36. The summed E-state index contributed by atoms with van der Waals surface area (Å²) < 4.78 is 25.5. The fourth-order valence-electron chi connectivity index (χ4n) is 2.53. The molecule has 0 saturated carbocycles. The summed E-state index contributed by atoms with van der Waals surface area (Å²) in [6.45, 7) is 2.01. The lowest BCUT2D eigenvalue weighted by atomic mass is 10.2. The molecule has 0 aliphatic carbocycles. The highest BCUT2D eigenvalue weighted by atomic mass is 32.2. The highest BCUT2D eigenvalue weighted by Gasteiger charge is 2.21. The normalized spacial score (nSPS) is 12.1. The average molecular weight is 356 g/mol. The number of hydrogen-bond acceptors (Lipinski definition) is 2. The van der Waals surface area contributed by atoms with Gasteiger partial charge in [0.25, 0.3) is 0 Å². The van der Waals surface area contributed by atoms with E-state index in [9.17, 15) is 8.76 Å². The Labute approximate surface area is 145 Å². The molecule has 0 aliphatic heterocycles. The third-order valence-corrected chi connectivity index (χ3v) is 6.33. The topological polar surface area (TPSA) is 46.5 Å². The van der Waals surface area contributed by atoms with E-state index in [1.807, 2.05) is 55.5 Å². The SMILES string of the molecule is Cc1ccc(OS(=O)O)c(P(c2ccccc2)c2ccccc2)c1. The summed E-state index contributed by atoms with van der Waals surface area (Å²) in [5, 5.41) is 3.26. The lowest BCUT2D eigenvalue weighted by molar-refractivity contribution is 0.459. The van der Waals surface area contributed by atoms with Gasteiger partial charge >= 0.3 is 11.4 Å². The van der Waals surface area contributed by atoms with Gasteiger partial charge in [0.1, 0.15) is 0 Å². The maximum Gasteiger partial charge on any atom is 0.357 e. The Morgan fingerprint density at radius 3 is 1.92 bits per heavy atom. The van der Waals surface area contributed by atoms with Crippen LogP contribution < -0.4 is 20.1 Å².